The molecule has 0 aliphatic carbocycles. The number of carboxylic acids is 1. The summed E-state index contributed by atoms with van der Waals surface area (Å²) in [4.78, 5) is 32.4. The van der Waals surface area contributed by atoms with Gasteiger partial charge in [-0.3, -0.25) is 9.59 Å². The van der Waals surface area contributed by atoms with Gasteiger partial charge in [0.15, 0.2) is 5.78 Å². The molecular formula is C26H49NaO8. The Labute approximate surface area is 235 Å². The van der Waals surface area contributed by atoms with Crippen molar-refractivity contribution in [3.8, 4) is 0 Å². The van der Waals surface area contributed by atoms with Crippen LogP contribution in [0.5, 0.6) is 0 Å². The van der Waals surface area contributed by atoms with E-state index < -0.39 is 5.97 Å². The Balaban J connectivity index is -0.00000129. The maximum Gasteiger partial charge on any atom is 1.00 e. The number of ketones is 2. The fourth-order valence-electron chi connectivity index (χ4n) is 3.17. The molecule has 0 N–H and O–H groups in total. The van der Waals surface area contributed by atoms with Gasteiger partial charge in [-0.2, -0.15) is 0 Å². The van der Waals surface area contributed by atoms with Gasteiger partial charge in [-0.15, -0.1) is 0 Å². The summed E-state index contributed by atoms with van der Waals surface area (Å²) in [6.07, 6.45) is 14.9. The Kier molecular flexibility index (Phi) is 37.7. The number of hydrogen-bond donors (Lipinski definition) is 0. The van der Waals surface area contributed by atoms with Crippen LogP contribution in [0.25, 0.3) is 0 Å². The van der Waals surface area contributed by atoms with E-state index in [4.69, 9.17) is 14.2 Å². The number of rotatable bonds is 25. The van der Waals surface area contributed by atoms with Gasteiger partial charge in [-0.05, 0) is 19.3 Å². The van der Waals surface area contributed by atoms with Crippen molar-refractivity contribution in [2.75, 3.05) is 53.9 Å². The number of unbranched alkanes of at least 4 members (excludes halogenated alkanes) is 8. The molecule has 0 saturated heterocycles. The monoisotopic (exact) mass is 512 g/mol. The van der Waals surface area contributed by atoms with Crippen LogP contribution in [0.1, 0.15) is 96.8 Å². The van der Waals surface area contributed by atoms with E-state index >= 15 is 0 Å². The quantitative estimate of drug-likeness (QED) is 0.130. The molecule has 8 nitrogen and oxygen atoms in total. The van der Waals surface area contributed by atoms with Gasteiger partial charge in [-0.1, -0.05) is 58.3 Å². The van der Waals surface area contributed by atoms with Crippen LogP contribution in [-0.4, -0.2) is 71.4 Å². The molecule has 0 aliphatic rings. The second-order valence-corrected chi connectivity index (χ2v) is 8.33. The molecule has 0 radical (unpaired) electrons. The number of carbonyl (C=O) groups excluding carboxylic acids is 3. The van der Waals surface area contributed by atoms with E-state index in [2.05, 4.69) is 11.7 Å². The van der Waals surface area contributed by atoms with Crippen molar-refractivity contribution in [1.29, 1.82) is 0 Å². The van der Waals surface area contributed by atoms with Gasteiger partial charge in [0.05, 0.1) is 25.8 Å². The second kappa shape index (κ2) is 33.7. The minimum Gasteiger partial charge on any atom is -0.548 e. The van der Waals surface area contributed by atoms with Crippen molar-refractivity contribution in [1.82, 2.24) is 0 Å². The zero-order valence-electron chi connectivity index (χ0n) is 22.9. The molecule has 0 aliphatic heterocycles. The first-order valence-electron chi connectivity index (χ1n) is 12.8. The van der Waals surface area contributed by atoms with Gasteiger partial charge >= 0.3 is 29.6 Å². The summed E-state index contributed by atoms with van der Waals surface area (Å²) in [6.45, 7) is 4.36. The Hall–Kier alpha value is -0.350. The fraction of sp³-hybridized carbons (Fsp3) is 0.885. The van der Waals surface area contributed by atoms with Gasteiger partial charge in [-0.25, -0.2) is 0 Å². The number of aliphatic carboxylic acids is 1. The predicted octanol–water partition coefficient (Wildman–Crippen LogP) is 0.672. The topological polar surface area (TPSA) is 111 Å². The number of hydrogen-bond acceptors (Lipinski definition) is 8. The molecule has 0 heterocycles. The molecule has 0 spiro atoms. The number of ether oxygens (including phenoxy) is 4. The van der Waals surface area contributed by atoms with Crippen molar-refractivity contribution in [3.05, 3.63) is 0 Å². The summed E-state index contributed by atoms with van der Waals surface area (Å²) in [5.41, 5.74) is 0. The second-order valence-electron chi connectivity index (χ2n) is 8.33. The number of methoxy groups -OCH3 is 2. The molecule has 0 rings (SSSR count). The third-order valence-corrected chi connectivity index (χ3v) is 4.99. The summed E-state index contributed by atoms with van der Waals surface area (Å²) < 4.78 is 19.8. The Bertz CT molecular complexity index is 474. The molecule has 202 valence electrons. The minimum absolute atomic E-state index is 0. The maximum absolute atomic E-state index is 11.8. The molecular weight excluding hydrogens is 463 g/mol. The number of carbonyl (C=O) groups is 3. The smallest absolute Gasteiger partial charge is 0.548 e. The fourth-order valence-corrected chi connectivity index (χ4v) is 3.17. The van der Waals surface area contributed by atoms with E-state index in [-0.39, 0.29) is 48.6 Å². The van der Waals surface area contributed by atoms with E-state index in [0.717, 1.165) is 25.7 Å². The maximum atomic E-state index is 11.8. The zero-order chi connectivity index (χ0) is 25.7. The van der Waals surface area contributed by atoms with Crippen molar-refractivity contribution in [2.24, 2.45) is 0 Å². The van der Waals surface area contributed by atoms with Crippen molar-refractivity contribution < 1.29 is 68.0 Å². The van der Waals surface area contributed by atoms with Crippen LogP contribution < -0.4 is 34.7 Å². The average Bonchev–Trinajstić information content (AvgIpc) is 2.79. The van der Waals surface area contributed by atoms with Gasteiger partial charge < -0.3 is 28.8 Å². The van der Waals surface area contributed by atoms with Crippen LogP contribution in [0.3, 0.4) is 0 Å². The molecule has 9 heteroatoms. The summed E-state index contributed by atoms with van der Waals surface area (Å²) in [7, 11) is 2.83. The largest absolute Gasteiger partial charge is 1.00 e. The van der Waals surface area contributed by atoms with Crippen LogP contribution >= 0.6 is 0 Å². The molecule has 0 aromatic rings. The first-order chi connectivity index (χ1) is 16.5. The van der Waals surface area contributed by atoms with E-state index in [0.29, 0.717) is 45.1 Å². The standard InChI is InChI=1S/C23H44O5.C3H6O3.Na/c1-3-4-5-6-7-8-9-10-11-14-22(24)15-12-17-27-19-20-28-18-13-16-23(25)21-26-2;1-6-2-3(4)5;/h3-21H2,1-2H3;2H2,1H3,(H,4,5);/q;;+1/p-1. The molecule has 35 heavy (non-hydrogen) atoms. The average molecular weight is 513 g/mol. The predicted molar refractivity (Wildman–Crippen MR) is 131 cm³/mol. The Morgan fingerprint density at radius 1 is 0.571 bits per heavy atom. The van der Waals surface area contributed by atoms with E-state index in [1.54, 1.807) is 0 Å². The molecule has 0 atom stereocenters. The van der Waals surface area contributed by atoms with E-state index in [9.17, 15) is 19.5 Å². The third-order valence-electron chi connectivity index (χ3n) is 4.99. The summed E-state index contributed by atoms with van der Waals surface area (Å²) in [5, 5.41) is 9.36. The van der Waals surface area contributed by atoms with Crippen LogP contribution in [0.2, 0.25) is 0 Å². The summed E-state index contributed by atoms with van der Waals surface area (Å²) in [6, 6.07) is 0. The number of Topliss-reactive ketones (excluding diaryl/α,β-unsaturated/α-hetero) is 2. The minimum atomic E-state index is -1.18. The molecule has 0 amide bonds. The van der Waals surface area contributed by atoms with Crippen LogP contribution in [0, 0.1) is 0 Å². The van der Waals surface area contributed by atoms with Crippen LogP contribution in [0.4, 0.5) is 0 Å². The van der Waals surface area contributed by atoms with E-state index in [1.807, 2.05) is 0 Å². The van der Waals surface area contributed by atoms with Crippen molar-refractivity contribution in [3.63, 3.8) is 0 Å². The summed E-state index contributed by atoms with van der Waals surface area (Å²) in [5.74, 6) is -0.713. The zero-order valence-corrected chi connectivity index (χ0v) is 24.9. The molecule has 0 bridgehead atoms. The van der Waals surface area contributed by atoms with Gasteiger partial charge in [0.25, 0.3) is 0 Å². The van der Waals surface area contributed by atoms with Gasteiger partial charge in [0.2, 0.25) is 0 Å². The third kappa shape index (κ3) is 38.3. The van der Waals surface area contributed by atoms with Crippen molar-refractivity contribution in [2.45, 2.75) is 96.8 Å². The molecule has 0 fully saturated rings. The molecule has 0 saturated carbocycles. The van der Waals surface area contributed by atoms with Gasteiger partial charge in [0, 0.05) is 46.7 Å². The van der Waals surface area contributed by atoms with Crippen LogP contribution in [-0.2, 0) is 33.3 Å². The normalized spacial score (nSPS) is 10.3. The van der Waals surface area contributed by atoms with Gasteiger partial charge in [0.1, 0.15) is 12.4 Å². The Morgan fingerprint density at radius 2 is 1.00 bits per heavy atom. The molecule has 0 aromatic heterocycles. The SMILES string of the molecule is CCCCCCCCCCCC(=O)CCCOCCOCCCC(=O)COC.COCC(=O)[O-].[Na+]. The number of carboxylic acid groups (broad SMARTS) is 1. The van der Waals surface area contributed by atoms with E-state index in [1.165, 1.54) is 65.6 Å². The molecule has 0 aromatic carbocycles. The van der Waals surface area contributed by atoms with Crippen molar-refractivity contribution >= 4 is 17.5 Å². The summed E-state index contributed by atoms with van der Waals surface area (Å²) >= 11 is 0. The first-order valence-corrected chi connectivity index (χ1v) is 12.8. The molecule has 0 unspecified atom stereocenters. The Morgan fingerprint density at radius 3 is 1.43 bits per heavy atom. The first kappa shape index (κ1) is 39.2. The van der Waals surface area contributed by atoms with Crippen LogP contribution in [0.15, 0.2) is 0 Å².